The Morgan fingerprint density at radius 3 is 2.57 bits per heavy atom. The number of aliphatic carboxylic acids is 1. The lowest BCUT2D eigenvalue weighted by atomic mass is 10.1. The van der Waals surface area contributed by atoms with Crippen LogP contribution in [0.15, 0.2) is 48.5 Å². The lowest BCUT2D eigenvalue weighted by Gasteiger charge is -2.14. The standard InChI is InChI=1S/C18H21NO4/c1-22-16-12-14(17(19)18(20)21)9-10-15(16)23-11-5-8-13-6-3-2-4-7-13/h2-4,6-7,9-10,12,17H,5,8,11,19H2,1H3,(H,20,21)/t17-/m0/s1. The Hall–Kier alpha value is -2.53. The van der Waals surface area contributed by atoms with Crippen molar-refractivity contribution in [2.45, 2.75) is 18.9 Å². The minimum atomic E-state index is -1.22. The maximum absolute atomic E-state index is 10.9. The van der Waals surface area contributed by atoms with Crippen LogP contribution in [0.25, 0.3) is 0 Å². The van der Waals surface area contributed by atoms with E-state index in [9.17, 15) is 9.90 Å². The summed E-state index contributed by atoms with van der Waals surface area (Å²) in [6, 6.07) is 14.3. The number of carboxylic acids is 1. The van der Waals surface area contributed by atoms with Gasteiger partial charge in [-0.3, -0.25) is 0 Å². The first kappa shape index (κ1) is 16.8. The molecule has 0 aliphatic carbocycles. The van der Waals surface area contributed by atoms with Crippen LogP contribution in [0.5, 0.6) is 11.5 Å². The fraction of sp³-hybridized carbons (Fsp3) is 0.278. The average molecular weight is 315 g/mol. The Kier molecular flexibility index (Phi) is 6.00. The molecule has 0 radical (unpaired) electrons. The van der Waals surface area contributed by atoms with Gasteiger partial charge in [-0.15, -0.1) is 0 Å². The summed E-state index contributed by atoms with van der Waals surface area (Å²) in [4.78, 5) is 10.9. The molecule has 1 atom stereocenters. The van der Waals surface area contributed by atoms with E-state index < -0.39 is 12.0 Å². The van der Waals surface area contributed by atoms with Crippen molar-refractivity contribution >= 4 is 5.97 Å². The number of aryl methyl sites for hydroxylation is 1. The third kappa shape index (κ3) is 4.72. The third-order valence-corrected chi connectivity index (χ3v) is 3.58. The van der Waals surface area contributed by atoms with Gasteiger partial charge < -0.3 is 25.1 Å². The number of methoxy groups -OCH3 is 1. The molecule has 5 nitrogen and oxygen atoms in total. The van der Waals surface area contributed by atoms with Gasteiger partial charge in [0.2, 0.25) is 0 Å². The van der Waals surface area contributed by atoms with E-state index in [-0.39, 0.29) is 0 Å². The lowest BCUT2D eigenvalue weighted by Crippen LogP contribution is -2.61. The number of rotatable bonds is 8. The summed E-state index contributed by atoms with van der Waals surface area (Å²) in [6.07, 6.45) is 1.82. The fourth-order valence-electron chi connectivity index (χ4n) is 2.26. The highest BCUT2D eigenvalue weighted by Gasteiger charge is 2.14. The van der Waals surface area contributed by atoms with Crippen molar-refractivity contribution in [1.82, 2.24) is 0 Å². The zero-order valence-corrected chi connectivity index (χ0v) is 13.2. The molecule has 5 heteroatoms. The summed E-state index contributed by atoms with van der Waals surface area (Å²) in [5.41, 5.74) is 5.36. The maximum atomic E-state index is 10.9. The van der Waals surface area contributed by atoms with E-state index in [0.29, 0.717) is 23.7 Å². The minimum Gasteiger partial charge on any atom is -0.544 e. The molecule has 2 rings (SSSR count). The summed E-state index contributed by atoms with van der Waals surface area (Å²) in [5, 5.41) is 10.9. The molecule has 23 heavy (non-hydrogen) atoms. The van der Waals surface area contributed by atoms with Crippen LogP contribution in [-0.4, -0.2) is 19.7 Å². The molecule has 3 N–H and O–H groups in total. The zero-order valence-electron chi connectivity index (χ0n) is 13.2. The van der Waals surface area contributed by atoms with E-state index in [1.165, 1.54) is 12.7 Å². The molecule has 0 aromatic heterocycles. The largest absolute Gasteiger partial charge is 0.544 e. The molecule has 0 fully saturated rings. The fourth-order valence-corrected chi connectivity index (χ4v) is 2.26. The van der Waals surface area contributed by atoms with E-state index in [1.54, 1.807) is 18.2 Å². The van der Waals surface area contributed by atoms with E-state index in [4.69, 9.17) is 9.47 Å². The van der Waals surface area contributed by atoms with Crippen LogP contribution in [0.3, 0.4) is 0 Å². The smallest absolute Gasteiger partial charge is 0.161 e. The molecule has 0 aliphatic heterocycles. The Morgan fingerprint density at radius 2 is 1.91 bits per heavy atom. The van der Waals surface area contributed by atoms with Crippen LogP contribution >= 0.6 is 0 Å². The van der Waals surface area contributed by atoms with Gasteiger partial charge in [-0.05, 0) is 36.6 Å². The normalized spacial score (nSPS) is 11.7. The van der Waals surface area contributed by atoms with Gasteiger partial charge in [0, 0.05) is 5.56 Å². The summed E-state index contributed by atoms with van der Waals surface area (Å²) >= 11 is 0. The predicted octanol–water partition coefficient (Wildman–Crippen LogP) is 0.740. The number of carbonyl (C=O) groups is 1. The number of hydrogen-bond donors (Lipinski definition) is 1. The quantitative estimate of drug-likeness (QED) is 0.728. The van der Waals surface area contributed by atoms with Gasteiger partial charge >= 0.3 is 0 Å². The van der Waals surface area contributed by atoms with Gasteiger partial charge in [0.05, 0.1) is 13.7 Å². The highest BCUT2D eigenvalue weighted by Crippen LogP contribution is 2.29. The minimum absolute atomic E-state index is 0.497. The second kappa shape index (κ2) is 8.19. The Bertz CT molecular complexity index is 643. The number of carboxylic acid groups (broad SMARTS) is 1. The molecule has 0 unspecified atom stereocenters. The maximum Gasteiger partial charge on any atom is 0.161 e. The molecule has 0 aliphatic rings. The molecular formula is C18H21NO4. The van der Waals surface area contributed by atoms with Gasteiger partial charge in [0.15, 0.2) is 17.5 Å². The van der Waals surface area contributed by atoms with E-state index in [1.807, 2.05) is 18.2 Å². The molecule has 0 saturated heterocycles. The number of quaternary nitrogens is 1. The van der Waals surface area contributed by atoms with Gasteiger partial charge in [-0.1, -0.05) is 30.3 Å². The molecule has 0 saturated carbocycles. The molecule has 0 amide bonds. The number of carbonyl (C=O) groups excluding carboxylic acids is 1. The Balaban J connectivity index is 1.93. The van der Waals surface area contributed by atoms with E-state index in [0.717, 1.165) is 12.8 Å². The first-order chi connectivity index (χ1) is 11.1. The average Bonchev–Trinajstić information content (AvgIpc) is 2.59. The Morgan fingerprint density at radius 1 is 1.17 bits per heavy atom. The van der Waals surface area contributed by atoms with Crippen LogP contribution in [0.2, 0.25) is 0 Å². The highest BCUT2D eigenvalue weighted by molar-refractivity contribution is 5.72. The van der Waals surface area contributed by atoms with E-state index >= 15 is 0 Å². The summed E-state index contributed by atoms with van der Waals surface area (Å²) in [6.45, 7) is 0.554. The van der Waals surface area contributed by atoms with Gasteiger partial charge in [0.1, 0.15) is 5.97 Å². The van der Waals surface area contributed by atoms with Crippen molar-refractivity contribution in [3.63, 3.8) is 0 Å². The van der Waals surface area contributed by atoms with Crippen molar-refractivity contribution < 1.29 is 25.1 Å². The highest BCUT2D eigenvalue weighted by atomic mass is 16.5. The van der Waals surface area contributed by atoms with Crippen LogP contribution in [-0.2, 0) is 11.2 Å². The van der Waals surface area contributed by atoms with Crippen LogP contribution in [0, 0.1) is 0 Å². The van der Waals surface area contributed by atoms with Crippen molar-refractivity contribution in [3.8, 4) is 11.5 Å². The Labute approximate surface area is 135 Å². The van der Waals surface area contributed by atoms with Gasteiger partial charge in [-0.2, -0.15) is 0 Å². The SMILES string of the molecule is COc1cc([C@H]([NH3+])C(=O)[O-])ccc1OCCCc1ccccc1. The molecule has 2 aromatic carbocycles. The predicted molar refractivity (Wildman–Crippen MR) is 83.9 cm³/mol. The first-order valence-electron chi connectivity index (χ1n) is 7.50. The van der Waals surface area contributed by atoms with E-state index in [2.05, 4.69) is 17.9 Å². The summed E-state index contributed by atoms with van der Waals surface area (Å²) in [7, 11) is 1.52. The van der Waals surface area contributed by atoms with Crippen LogP contribution < -0.4 is 20.3 Å². The molecule has 2 aromatic rings. The second-order valence-corrected chi connectivity index (χ2v) is 5.22. The topological polar surface area (TPSA) is 86.2 Å². The first-order valence-corrected chi connectivity index (χ1v) is 7.50. The summed E-state index contributed by atoms with van der Waals surface area (Å²) < 4.78 is 11.0. The monoisotopic (exact) mass is 315 g/mol. The molecule has 0 bridgehead atoms. The molecule has 122 valence electrons. The number of hydrogen-bond acceptors (Lipinski definition) is 4. The number of benzene rings is 2. The number of ether oxygens (including phenoxy) is 2. The second-order valence-electron chi connectivity index (χ2n) is 5.22. The zero-order chi connectivity index (χ0) is 16.7. The van der Waals surface area contributed by atoms with Crippen molar-refractivity contribution in [2.75, 3.05) is 13.7 Å². The van der Waals surface area contributed by atoms with Crippen molar-refractivity contribution in [1.29, 1.82) is 0 Å². The van der Waals surface area contributed by atoms with Crippen molar-refractivity contribution in [3.05, 3.63) is 59.7 Å². The third-order valence-electron chi connectivity index (χ3n) is 3.58. The van der Waals surface area contributed by atoms with Crippen LogP contribution in [0.1, 0.15) is 23.6 Å². The summed E-state index contributed by atoms with van der Waals surface area (Å²) in [5.74, 6) is -0.129. The van der Waals surface area contributed by atoms with Gasteiger partial charge in [0.25, 0.3) is 0 Å². The van der Waals surface area contributed by atoms with Crippen LogP contribution in [0.4, 0.5) is 0 Å². The lowest BCUT2D eigenvalue weighted by molar-refractivity contribution is -0.443. The van der Waals surface area contributed by atoms with Gasteiger partial charge in [-0.25, -0.2) is 0 Å². The molecule has 0 heterocycles. The molecular weight excluding hydrogens is 294 g/mol. The molecule has 0 spiro atoms. The van der Waals surface area contributed by atoms with Crippen molar-refractivity contribution in [2.24, 2.45) is 0 Å².